The lowest BCUT2D eigenvalue weighted by molar-refractivity contribution is -0.386. The highest BCUT2D eigenvalue weighted by molar-refractivity contribution is 9.10. The van der Waals surface area contributed by atoms with Gasteiger partial charge in [0.1, 0.15) is 17.3 Å². The van der Waals surface area contributed by atoms with Crippen molar-refractivity contribution in [1.82, 2.24) is 9.59 Å². The molecule has 106 valence electrons. The third-order valence-corrected chi connectivity index (χ3v) is 3.80. The van der Waals surface area contributed by atoms with Crippen molar-refractivity contribution < 1.29 is 9.66 Å². The summed E-state index contributed by atoms with van der Waals surface area (Å²) in [6.45, 7) is 1.88. The number of nitro groups is 1. The number of hydrogen-bond donors (Lipinski definition) is 1. The molecule has 0 radical (unpaired) electrons. The lowest BCUT2D eigenvalue weighted by atomic mass is 10.2. The van der Waals surface area contributed by atoms with E-state index in [1.54, 1.807) is 20.0 Å². The van der Waals surface area contributed by atoms with Crippen molar-refractivity contribution >= 4 is 38.2 Å². The molecule has 0 amide bonds. The molecule has 0 fully saturated rings. The largest absolute Gasteiger partial charge is 0.480 e. The molecule has 0 saturated carbocycles. The van der Waals surface area contributed by atoms with Crippen molar-refractivity contribution in [2.24, 2.45) is 0 Å². The van der Waals surface area contributed by atoms with Crippen molar-refractivity contribution in [1.29, 1.82) is 0 Å². The summed E-state index contributed by atoms with van der Waals surface area (Å²) in [5, 5.41) is 18.7. The third kappa shape index (κ3) is 3.05. The highest BCUT2D eigenvalue weighted by atomic mass is 79.9. The van der Waals surface area contributed by atoms with Gasteiger partial charge >= 0.3 is 5.69 Å². The molecule has 2 rings (SSSR count). The van der Waals surface area contributed by atoms with E-state index in [4.69, 9.17) is 4.74 Å². The molecule has 0 spiro atoms. The molecule has 0 aliphatic rings. The molecule has 1 N–H and O–H groups in total. The Morgan fingerprint density at radius 2 is 2.30 bits per heavy atom. The minimum atomic E-state index is -0.467. The van der Waals surface area contributed by atoms with E-state index in [0.29, 0.717) is 15.7 Å². The van der Waals surface area contributed by atoms with Crippen LogP contribution in [0, 0.1) is 17.0 Å². The normalized spacial score (nSPS) is 10.3. The molecule has 20 heavy (non-hydrogen) atoms. The average Bonchev–Trinajstić information content (AvgIpc) is 2.84. The van der Waals surface area contributed by atoms with E-state index in [0.717, 1.165) is 5.00 Å². The fraction of sp³-hybridized carbons (Fsp3) is 0.273. The van der Waals surface area contributed by atoms with E-state index >= 15 is 0 Å². The first-order valence-electron chi connectivity index (χ1n) is 5.59. The second-order valence-electron chi connectivity index (χ2n) is 3.92. The first-order valence-corrected chi connectivity index (χ1v) is 7.16. The zero-order valence-electron chi connectivity index (χ0n) is 10.7. The summed E-state index contributed by atoms with van der Waals surface area (Å²) < 4.78 is 10.0. The number of benzene rings is 1. The van der Waals surface area contributed by atoms with E-state index in [9.17, 15) is 10.1 Å². The molecule has 2 aromatic rings. The Hall–Kier alpha value is -1.74. The minimum Gasteiger partial charge on any atom is -0.480 e. The average molecular weight is 359 g/mol. The first kappa shape index (κ1) is 14.7. The second-order valence-corrected chi connectivity index (χ2v) is 5.59. The van der Waals surface area contributed by atoms with Crippen LogP contribution in [0.5, 0.6) is 5.75 Å². The molecule has 0 bridgehead atoms. The van der Waals surface area contributed by atoms with Crippen LogP contribution in [0.1, 0.15) is 11.3 Å². The third-order valence-electron chi connectivity index (χ3n) is 2.55. The fourth-order valence-corrected chi connectivity index (χ4v) is 2.75. The Kier molecular flexibility index (Phi) is 4.50. The standard InChI is InChI=1S/C11H11BrN4O3S/c1-6-3-7(12)4-9(16(17)18)10(6)19-5-8-11(13-2)20-15-14-8/h3-4,13H,5H2,1-2H3. The van der Waals surface area contributed by atoms with E-state index < -0.39 is 4.92 Å². The Morgan fingerprint density at radius 1 is 1.55 bits per heavy atom. The van der Waals surface area contributed by atoms with Gasteiger partial charge in [-0.25, -0.2) is 0 Å². The molecule has 0 unspecified atom stereocenters. The van der Waals surface area contributed by atoms with E-state index in [1.165, 1.54) is 17.6 Å². The zero-order valence-corrected chi connectivity index (χ0v) is 13.1. The Morgan fingerprint density at radius 3 is 2.95 bits per heavy atom. The van der Waals surface area contributed by atoms with Crippen LogP contribution in [-0.4, -0.2) is 21.6 Å². The quantitative estimate of drug-likeness (QED) is 0.652. The molecule has 9 heteroatoms. The van der Waals surface area contributed by atoms with Gasteiger partial charge in [-0.15, -0.1) is 5.10 Å². The number of rotatable bonds is 5. The second kappa shape index (κ2) is 6.14. The lowest BCUT2D eigenvalue weighted by Gasteiger charge is -2.09. The van der Waals surface area contributed by atoms with Gasteiger partial charge in [-0.2, -0.15) is 0 Å². The molecule has 0 saturated heterocycles. The van der Waals surface area contributed by atoms with Crippen LogP contribution in [0.4, 0.5) is 10.7 Å². The van der Waals surface area contributed by atoms with Crippen LogP contribution in [0.2, 0.25) is 0 Å². The Labute approximate surface area is 127 Å². The van der Waals surface area contributed by atoms with Crippen molar-refractivity contribution in [3.8, 4) is 5.75 Å². The molecule has 0 aliphatic heterocycles. The summed E-state index contributed by atoms with van der Waals surface area (Å²) in [6.07, 6.45) is 0. The summed E-state index contributed by atoms with van der Waals surface area (Å²) in [6, 6.07) is 3.18. The van der Waals surface area contributed by atoms with Crippen LogP contribution in [-0.2, 0) is 6.61 Å². The molecule has 7 nitrogen and oxygen atoms in total. The maximum Gasteiger partial charge on any atom is 0.312 e. The van der Waals surface area contributed by atoms with Gasteiger partial charge in [0.2, 0.25) is 5.75 Å². The molecular weight excluding hydrogens is 348 g/mol. The van der Waals surface area contributed by atoms with Gasteiger partial charge in [-0.3, -0.25) is 10.1 Å². The molecule has 1 aromatic carbocycles. The topological polar surface area (TPSA) is 90.2 Å². The summed E-state index contributed by atoms with van der Waals surface area (Å²) in [5.74, 6) is 0.244. The van der Waals surface area contributed by atoms with Gasteiger partial charge in [0, 0.05) is 29.1 Å². The van der Waals surface area contributed by atoms with Crippen molar-refractivity contribution in [3.63, 3.8) is 0 Å². The van der Waals surface area contributed by atoms with Crippen LogP contribution >= 0.6 is 27.5 Å². The molecule has 1 aromatic heterocycles. The predicted octanol–water partition coefficient (Wildman–Crippen LogP) is 3.14. The number of ether oxygens (including phenoxy) is 1. The number of anilines is 1. The number of halogens is 1. The van der Waals surface area contributed by atoms with Gasteiger partial charge < -0.3 is 10.1 Å². The number of hydrogen-bond acceptors (Lipinski definition) is 7. The highest BCUT2D eigenvalue weighted by Gasteiger charge is 2.20. The highest BCUT2D eigenvalue weighted by Crippen LogP contribution is 2.35. The number of aromatic nitrogens is 2. The van der Waals surface area contributed by atoms with Crippen LogP contribution in [0.3, 0.4) is 0 Å². The summed E-state index contributed by atoms with van der Waals surface area (Å²) in [5.41, 5.74) is 1.22. The SMILES string of the molecule is CNc1snnc1COc1c(C)cc(Br)cc1[N+](=O)[O-]. The number of nitrogens with one attached hydrogen (secondary N) is 1. The number of nitrogens with zero attached hydrogens (tertiary/aromatic N) is 3. The predicted molar refractivity (Wildman–Crippen MR) is 79.3 cm³/mol. The summed E-state index contributed by atoms with van der Waals surface area (Å²) >= 11 is 4.45. The van der Waals surface area contributed by atoms with Gasteiger partial charge in [0.05, 0.1) is 4.92 Å². The summed E-state index contributed by atoms with van der Waals surface area (Å²) in [7, 11) is 1.76. The van der Waals surface area contributed by atoms with Gasteiger partial charge in [-0.1, -0.05) is 20.4 Å². The van der Waals surface area contributed by atoms with Crippen LogP contribution < -0.4 is 10.1 Å². The number of nitro benzene ring substituents is 1. The molecule has 0 atom stereocenters. The van der Waals surface area contributed by atoms with E-state index in [1.807, 2.05) is 0 Å². The van der Waals surface area contributed by atoms with Gasteiger partial charge in [0.15, 0.2) is 0 Å². The van der Waals surface area contributed by atoms with Gasteiger partial charge in [-0.05, 0) is 18.6 Å². The van der Waals surface area contributed by atoms with Crippen LogP contribution in [0.25, 0.3) is 0 Å². The fourth-order valence-electron chi connectivity index (χ4n) is 1.67. The van der Waals surface area contributed by atoms with Crippen molar-refractivity contribution in [3.05, 3.63) is 38.0 Å². The monoisotopic (exact) mass is 358 g/mol. The van der Waals surface area contributed by atoms with E-state index in [-0.39, 0.29) is 18.0 Å². The number of aryl methyl sites for hydroxylation is 1. The maximum atomic E-state index is 11.1. The molecule has 1 heterocycles. The van der Waals surface area contributed by atoms with E-state index in [2.05, 4.69) is 30.8 Å². The van der Waals surface area contributed by atoms with Crippen LogP contribution in [0.15, 0.2) is 16.6 Å². The minimum absolute atomic E-state index is 0.0777. The lowest BCUT2D eigenvalue weighted by Crippen LogP contribution is -2.03. The first-order chi connectivity index (χ1) is 9.52. The van der Waals surface area contributed by atoms with Crippen molar-refractivity contribution in [2.45, 2.75) is 13.5 Å². The molecular formula is C11H11BrN4O3S. The van der Waals surface area contributed by atoms with Gasteiger partial charge in [0.25, 0.3) is 0 Å². The maximum absolute atomic E-state index is 11.1. The zero-order chi connectivity index (χ0) is 14.7. The Bertz CT molecular complexity index is 647. The smallest absolute Gasteiger partial charge is 0.312 e. The Balaban J connectivity index is 2.27. The van der Waals surface area contributed by atoms with Crippen molar-refractivity contribution in [2.75, 3.05) is 12.4 Å². The summed E-state index contributed by atoms with van der Waals surface area (Å²) in [4.78, 5) is 10.6. The molecule has 0 aliphatic carbocycles.